The normalized spacial score (nSPS) is 10.8. The molecule has 4 aromatic carbocycles. The van der Waals surface area contributed by atoms with E-state index >= 15 is 0 Å². The predicted molar refractivity (Wildman–Crippen MR) is 149 cm³/mol. The third-order valence-corrected chi connectivity index (χ3v) is 6.16. The van der Waals surface area contributed by atoms with E-state index in [1.165, 1.54) is 26.5 Å². The molecule has 2 amide bonds. The van der Waals surface area contributed by atoms with Gasteiger partial charge in [0.1, 0.15) is 5.75 Å². The second-order valence-corrected chi connectivity index (χ2v) is 8.68. The van der Waals surface area contributed by atoms with E-state index < -0.39 is 17.8 Å². The first kappa shape index (κ1) is 27.2. The van der Waals surface area contributed by atoms with Crippen LogP contribution in [0.25, 0.3) is 10.8 Å². The van der Waals surface area contributed by atoms with Crippen LogP contribution in [0.15, 0.2) is 77.9 Å². The number of nitrogens with zero attached hydrogens (tertiary/aromatic N) is 1. The summed E-state index contributed by atoms with van der Waals surface area (Å²) < 4.78 is 16.2. The molecule has 0 fully saturated rings. The number of benzene rings is 4. The molecule has 0 saturated heterocycles. The molecule has 4 aromatic rings. The zero-order valence-electron chi connectivity index (χ0n) is 21.3. The molecule has 10 heteroatoms. The lowest BCUT2D eigenvalue weighted by Crippen LogP contribution is -2.32. The van der Waals surface area contributed by atoms with Gasteiger partial charge in [0.25, 0.3) is 0 Å². The molecule has 39 heavy (non-hydrogen) atoms. The summed E-state index contributed by atoms with van der Waals surface area (Å²) in [6.45, 7) is 1.82. The van der Waals surface area contributed by atoms with Crippen LogP contribution in [0.1, 0.15) is 21.5 Å². The van der Waals surface area contributed by atoms with Crippen molar-refractivity contribution in [1.29, 1.82) is 0 Å². The number of amides is 2. The number of nitrogens with one attached hydrogen (secondary N) is 2. The minimum Gasteiger partial charge on any atom is -0.493 e. The highest BCUT2D eigenvalue weighted by Crippen LogP contribution is 2.30. The third-order valence-electron chi connectivity index (χ3n) is 5.75. The third kappa shape index (κ3) is 6.34. The van der Waals surface area contributed by atoms with Gasteiger partial charge in [-0.15, -0.1) is 0 Å². The van der Waals surface area contributed by atoms with Gasteiger partial charge in [0.2, 0.25) is 0 Å². The monoisotopic (exact) mass is 545 g/mol. The van der Waals surface area contributed by atoms with E-state index in [1.807, 2.05) is 31.2 Å². The number of ether oxygens (including phenoxy) is 3. The lowest BCUT2D eigenvalue weighted by molar-refractivity contribution is -0.136. The Kier molecular flexibility index (Phi) is 8.43. The van der Waals surface area contributed by atoms with E-state index in [0.717, 1.165) is 10.9 Å². The summed E-state index contributed by atoms with van der Waals surface area (Å²) in [5.41, 5.74) is 4.06. The number of carbonyl (C=O) groups is 3. The van der Waals surface area contributed by atoms with E-state index in [2.05, 4.69) is 15.8 Å². The van der Waals surface area contributed by atoms with Crippen molar-refractivity contribution in [3.05, 3.63) is 94.5 Å². The minimum atomic E-state index is -0.993. The molecule has 0 aliphatic rings. The van der Waals surface area contributed by atoms with Crippen LogP contribution in [0, 0.1) is 6.92 Å². The number of halogens is 1. The van der Waals surface area contributed by atoms with Crippen LogP contribution in [-0.2, 0) is 9.59 Å². The van der Waals surface area contributed by atoms with Crippen molar-refractivity contribution in [1.82, 2.24) is 5.43 Å². The fraction of sp³-hybridized carbons (Fsp3) is 0.103. The van der Waals surface area contributed by atoms with Gasteiger partial charge in [-0.2, -0.15) is 5.10 Å². The molecule has 0 heterocycles. The maximum absolute atomic E-state index is 13.0. The van der Waals surface area contributed by atoms with Crippen LogP contribution in [0.2, 0.25) is 5.02 Å². The second-order valence-electron chi connectivity index (χ2n) is 8.28. The SMILES string of the molecule is COc1ccc(C(=O)Oc2ccc3ccccc3c2/C=N\NC(=O)C(=O)Nc2ccc(C)c(Cl)c2)cc1OC. The van der Waals surface area contributed by atoms with Crippen LogP contribution < -0.4 is 25.0 Å². The van der Waals surface area contributed by atoms with Crippen molar-refractivity contribution in [2.75, 3.05) is 19.5 Å². The summed E-state index contributed by atoms with van der Waals surface area (Å²) >= 11 is 6.07. The van der Waals surface area contributed by atoms with Gasteiger partial charge in [-0.05, 0) is 59.7 Å². The van der Waals surface area contributed by atoms with Gasteiger partial charge in [-0.1, -0.05) is 48.0 Å². The molecule has 9 nitrogen and oxygen atoms in total. The molecule has 198 valence electrons. The summed E-state index contributed by atoms with van der Waals surface area (Å²) in [5.74, 6) is -1.51. The number of aryl methyl sites for hydroxylation is 1. The summed E-state index contributed by atoms with van der Waals surface area (Å²) in [6.07, 6.45) is 1.31. The molecule has 0 saturated carbocycles. The van der Waals surface area contributed by atoms with Crippen molar-refractivity contribution in [2.45, 2.75) is 6.92 Å². The molecule has 0 atom stereocenters. The molecule has 0 aromatic heterocycles. The fourth-order valence-corrected chi connectivity index (χ4v) is 3.86. The highest BCUT2D eigenvalue weighted by molar-refractivity contribution is 6.40. The Labute approximate surface area is 229 Å². The second kappa shape index (κ2) is 12.1. The van der Waals surface area contributed by atoms with Crippen LogP contribution in [0.4, 0.5) is 5.69 Å². The Balaban J connectivity index is 1.55. The molecule has 0 bridgehead atoms. The van der Waals surface area contributed by atoms with Crippen molar-refractivity contribution < 1.29 is 28.6 Å². The van der Waals surface area contributed by atoms with Crippen LogP contribution >= 0.6 is 11.6 Å². The number of anilines is 1. The highest BCUT2D eigenvalue weighted by Gasteiger charge is 2.17. The smallest absolute Gasteiger partial charge is 0.343 e. The molecule has 2 N–H and O–H groups in total. The molecular formula is C29H24ClN3O6. The summed E-state index contributed by atoms with van der Waals surface area (Å²) in [4.78, 5) is 37.6. The zero-order chi connectivity index (χ0) is 27.9. The van der Waals surface area contributed by atoms with Crippen molar-refractivity contribution in [2.24, 2.45) is 5.10 Å². The number of hydrogen-bond donors (Lipinski definition) is 2. The van der Waals surface area contributed by atoms with Gasteiger partial charge < -0.3 is 19.5 Å². The minimum absolute atomic E-state index is 0.199. The van der Waals surface area contributed by atoms with Gasteiger partial charge in [-0.25, -0.2) is 10.2 Å². The van der Waals surface area contributed by atoms with Crippen molar-refractivity contribution in [3.63, 3.8) is 0 Å². The topological polar surface area (TPSA) is 115 Å². The highest BCUT2D eigenvalue weighted by atomic mass is 35.5. The largest absolute Gasteiger partial charge is 0.493 e. The van der Waals surface area contributed by atoms with Crippen LogP contribution in [-0.4, -0.2) is 38.2 Å². The Bertz CT molecular complexity index is 1600. The van der Waals surface area contributed by atoms with Gasteiger partial charge >= 0.3 is 17.8 Å². The standard InChI is InChI=1S/C29H24ClN3O6/c1-17-8-11-20(15-23(17)30)32-27(34)28(35)33-31-16-22-21-7-5-4-6-18(21)9-12-24(22)39-29(36)19-10-13-25(37-2)26(14-19)38-3/h4-16H,1-3H3,(H,32,34)(H,33,35)/b31-16-. The lowest BCUT2D eigenvalue weighted by Gasteiger charge is -2.12. The van der Waals surface area contributed by atoms with Crippen LogP contribution in [0.3, 0.4) is 0 Å². The fourth-order valence-electron chi connectivity index (χ4n) is 3.68. The molecule has 0 aliphatic heterocycles. The van der Waals surface area contributed by atoms with Crippen molar-refractivity contribution in [3.8, 4) is 17.2 Å². The molecule has 0 aliphatic carbocycles. The summed E-state index contributed by atoms with van der Waals surface area (Å²) in [7, 11) is 2.96. The summed E-state index contributed by atoms with van der Waals surface area (Å²) in [6, 6.07) is 20.4. The number of hydrogen-bond acceptors (Lipinski definition) is 7. The number of methoxy groups -OCH3 is 2. The number of esters is 1. The zero-order valence-corrected chi connectivity index (χ0v) is 22.0. The van der Waals surface area contributed by atoms with Gasteiger partial charge in [0, 0.05) is 16.3 Å². The Morgan fingerprint density at radius 2 is 1.59 bits per heavy atom. The quantitative estimate of drug-likeness (QED) is 0.109. The predicted octanol–water partition coefficient (Wildman–Crippen LogP) is 5.13. The first-order valence-corrected chi connectivity index (χ1v) is 12.0. The van der Waals surface area contributed by atoms with Crippen LogP contribution in [0.5, 0.6) is 17.2 Å². The van der Waals surface area contributed by atoms with Gasteiger partial charge in [-0.3, -0.25) is 9.59 Å². The lowest BCUT2D eigenvalue weighted by atomic mass is 10.0. The number of fused-ring (bicyclic) bond motifs is 1. The Morgan fingerprint density at radius 3 is 2.33 bits per heavy atom. The number of carbonyl (C=O) groups excluding carboxylic acids is 3. The Morgan fingerprint density at radius 1 is 0.846 bits per heavy atom. The Hall–Kier alpha value is -4.89. The van der Waals surface area contributed by atoms with Gasteiger partial charge in [0.05, 0.1) is 26.0 Å². The number of rotatable bonds is 7. The molecule has 0 spiro atoms. The van der Waals surface area contributed by atoms with E-state index in [1.54, 1.807) is 42.5 Å². The van der Waals surface area contributed by atoms with Gasteiger partial charge in [0.15, 0.2) is 11.5 Å². The molecular weight excluding hydrogens is 522 g/mol. The van der Waals surface area contributed by atoms with E-state index in [9.17, 15) is 14.4 Å². The van der Waals surface area contributed by atoms with E-state index in [4.69, 9.17) is 25.8 Å². The number of hydrazone groups is 1. The molecule has 0 radical (unpaired) electrons. The first-order chi connectivity index (χ1) is 18.8. The summed E-state index contributed by atoms with van der Waals surface area (Å²) in [5, 5.41) is 8.42. The molecule has 0 unspecified atom stereocenters. The van der Waals surface area contributed by atoms with E-state index in [0.29, 0.717) is 33.2 Å². The average Bonchev–Trinajstić information content (AvgIpc) is 2.95. The first-order valence-electron chi connectivity index (χ1n) is 11.7. The maximum atomic E-state index is 13.0. The average molecular weight is 546 g/mol. The maximum Gasteiger partial charge on any atom is 0.343 e. The van der Waals surface area contributed by atoms with Crippen molar-refractivity contribution >= 4 is 52.1 Å². The van der Waals surface area contributed by atoms with E-state index in [-0.39, 0.29) is 11.3 Å². The molecule has 4 rings (SSSR count).